The smallest absolute Gasteiger partial charge is 0.335 e. The Balaban J connectivity index is 2.03. The quantitative estimate of drug-likeness (QED) is 0.703. The van der Waals surface area contributed by atoms with Crippen LogP contribution >= 0.6 is 0 Å². The molecule has 6 heteroatoms. The van der Waals surface area contributed by atoms with Crippen LogP contribution in [-0.4, -0.2) is 30.7 Å². The molecule has 2 aromatic carbocycles. The van der Waals surface area contributed by atoms with Gasteiger partial charge >= 0.3 is 5.97 Å². The summed E-state index contributed by atoms with van der Waals surface area (Å²) < 4.78 is 11.0. The number of methoxy groups -OCH3 is 1. The number of hydrogen-bond acceptors (Lipinski definition) is 4. The predicted octanol–water partition coefficient (Wildman–Crippen LogP) is 3.60. The minimum atomic E-state index is -1.01. The number of ether oxygens (including phenoxy) is 2. The maximum atomic E-state index is 12.3. The van der Waals surface area contributed by atoms with E-state index in [4.69, 9.17) is 14.6 Å². The van der Waals surface area contributed by atoms with Crippen LogP contribution in [0.25, 0.3) is 0 Å². The van der Waals surface area contributed by atoms with Crippen molar-refractivity contribution in [2.24, 2.45) is 0 Å². The molecular weight excluding hydrogens is 346 g/mol. The minimum Gasteiger partial charge on any atom is -0.493 e. The summed E-state index contributed by atoms with van der Waals surface area (Å²) in [7, 11) is 1.58. The van der Waals surface area contributed by atoms with E-state index in [1.807, 2.05) is 32.0 Å². The number of hydrogen-bond donors (Lipinski definition) is 2. The van der Waals surface area contributed by atoms with Gasteiger partial charge in [0.2, 0.25) is 5.91 Å². The van der Waals surface area contributed by atoms with Gasteiger partial charge in [-0.1, -0.05) is 25.1 Å². The fourth-order valence-corrected chi connectivity index (χ4v) is 2.66. The van der Waals surface area contributed by atoms with Gasteiger partial charge in [-0.25, -0.2) is 4.79 Å². The van der Waals surface area contributed by atoms with E-state index in [9.17, 15) is 9.59 Å². The van der Waals surface area contributed by atoms with E-state index < -0.39 is 5.97 Å². The standard InChI is InChI=1S/C21H25NO5/c1-4-10-27-18-9-8-16(13-19(18)26-3)14(2)22-20(23)12-15-6-5-7-17(11-15)21(24)25/h5-9,11,13-14H,4,10,12H2,1-3H3,(H,22,23)(H,24,25). The Morgan fingerprint density at radius 1 is 1.15 bits per heavy atom. The molecule has 1 unspecified atom stereocenters. The van der Waals surface area contributed by atoms with Crippen LogP contribution in [0.4, 0.5) is 0 Å². The number of carboxylic acid groups (broad SMARTS) is 1. The van der Waals surface area contributed by atoms with Crippen LogP contribution in [0.2, 0.25) is 0 Å². The summed E-state index contributed by atoms with van der Waals surface area (Å²) in [6.07, 6.45) is 1.01. The highest BCUT2D eigenvalue weighted by atomic mass is 16.5. The topological polar surface area (TPSA) is 84.9 Å². The third-order valence-electron chi connectivity index (χ3n) is 4.07. The lowest BCUT2D eigenvalue weighted by Gasteiger charge is -2.17. The van der Waals surface area contributed by atoms with Gasteiger partial charge < -0.3 is 19.9 Å². The van der Waals surface area contributed by atoms with E-state index in [-0.39, 0.29) is 23.9 Å². The number of carbonyl (C=O) groups excluding carboxylic acids is 1. The monoisotopic (exact) mass is 371 g/mol. The molecule has 0 aliphatic carbocycles. The second-order valence-corrected chi connectivity index (χ2v) is 6.23. The molecule has 0 aromatic heterocycles. The fraction of sp³-hybridized carbons (Fsp3) is 0.333. The predicted molar refractivity (Wildman–Crippen MR) is 102 cm³/mol. The number of carboxylic acids is 1. The maximum Gasteiger partial charge on any atom is 0.335 e. The Morgan fingerprint density at radius 2 is 1.93 bits per heavy atom. The molecule has 1 atom stereocenters. The van der Waals surface area contributed by atoms with E-state index in [1.54, 1.807) is 19.2 Å². The number of rotatable bonds is 9. The second kappa shape index (κ2) is 9.62. The number of carbonyl (C=O) groups is 2. The van der Waals surface area contributed by atoms with Crippen LogP contribution in [-0.2, 0) is 11.2 Å². The first-order valence-corrected chi connectivity index (χ1v) is 8.87. The highest BCUT2D eigenvalue weighted by molar-refractivity contribution is 5.88. The van der Waals surface area contributed by atoms with Gasteiger partial charge in [-0.3, -0.25) is 4.79 Å². The van der Waals surface area contributed by atoms with Gasteiger partial charge in [0.1, 0.15) is 0 Å². The average molecular weight is 371 g/mol. The SMILES string of the molecule is CCCOc1ccc(C(C)NC(=O)Cc2cccc(C(=O)O)c2)cc1OC. The van der Waals surface area contributed by atoms with Gasteiger partial charge in [-0.2, -0.15) is 0 Å². The van der Waals surface area contributed by atoms with Crippen molar-refractivity contribution >= 4 is 11.9 Å². The van der Waals surface area contributed by atoms with Crippen LogP contribution in [0.3, 0.4) is 0 Å². The molecule has 2 rings (SSSR count). The molecule has 0 aliphatic rings. The summed E-state index contributed by atoms with van der Waals surface area (Å²) >= 11 is 0. The summed E-state index contributed by atoms with van der Waals surface area (Å²) in [6, 6.07) is 11.7. The Bertz CT molecular complexity index is 803. The Morgan fingerprint density at radius 3 is 2.59 bits per heavy atom. The largest absolute Gasteiger partial charge is 0.493 e. The van der Waals surface area contributed by atoms with Crippen molar-refractivity contribution in [3.63, 3.8) is 0 Å². The van der Waals surface area contributed by atoms with Gasteiger partial charge in [0, 0.05) is 0 Å². The van der Waals surface area contributed by atoms with Crippen molar-refractivity contribution in [3.8, 4) is 11.5 Å². The minimum absolute atomic E-state index is 0.111. The van der Waals surface area contributed by atoms with Crippen molar-refractivity contribution in [2.45, 2.75) is 32.7 Å². The average Bonchev–Trinajstić information content (AvgIpc) is 2.66. The molecule has 27 heavy (non-hydrogen) atoms. The zero-order valence-electron chi connectivity index (χ0n) is 15.8. The van der Waals surface area contributed by atoms with Gasteiger partial charge in [0.25, 0.3) is 0 Å². The number of benzene rings is 2. The van der Waals surface area contributed by atoms with Crippen molar-refractivity contribution in [3.05, 3.63) is 59.2 Å². The molecule has 2 N–H and O–H groups in total. The lowest BCUT2D eigenvalue weighted by Crippen LogP contribution is -2.28. The van der Waals surface area contributed by atoms with Crippen LogP contribution in [0.1, 0.15) is 47.8 Å². The molecule has 0 saturated heterocycles. The van der Waals surface area contributed by atoms with Gasteiger partial charge in [-0.15, -0.1) is 0 Å². The van der Waals surface area contributed by atoms with E-state index >= 15 is 0 Å². The molecule has 0 heterocycles. The molecule has 2 aromatic rings. The first-order chi connectivity index (χ1) is 12.9. The van der Waals surface area contributed by atoms with E-state index in [0.717, 1.165) is 12.0 Å². The molecule has 0 fully saturated rings. The van der Waals surface area contributed by atoms with E-state index in [1.165, 1.54) is 12.1 Å². The van der Waals surface area contributed by atoms with Crippen molar-refractivity contribution in [2.75, 3.05) is 13.7 Å². The summed E-state index contributed by atoms with van der Waals surface area (Å²) in [5.41, 5.74) is 1.71. The van der Waals surface area contributed by atoms with E-state index in [2.05, 4.69) is 5.32 Å². The van der Waals surface area contributed by atoms with Crippen molar-refractivity contribution in [1.82, 2.24) is 5.32 Å². The molecule has 0 spiro atoms. The molecule has 0 saturated carbocycles. The van der Waals surface area contributed by atoms with Gasteiger partial charge in [0.15, 0.2) is 11.5 Å². The molecular formula is C21H25NO5. The van der Waals surface area contributed by atoms with Gasteiger partial charge in [-0.05, 0) is 48.7 Å². The Labute approximate surface area is 159 Å². The molecule has 0 aliphatic heterocycles. The summed E-state index contributed by atoms with van der Waals surface area (Å²) in [4.78, 5) is 23.4. The summed E-state index contributed by atoms with van der Waals surface area (Å²) in [5, 5.41) is 12.0. The third-order valence-corrected chi connectivity index (χ3v) is 4.07. The highest BCUT2D eigenvalue weighted by Gasteiger charge is 2.14. The first-order valence-electron chi connectivity index (χ1n) is 8.87. The van der Waals surface area contributed by atoms with Crippen LogP contribution in [0.15, 0.2) is 42.5 Å². The lowest BCUT2D eigenvalue weighted by molar-refractivity contribution is -0.121. The third kappa shape index (κ3) is 5.74. The molecule has 144 valence electrons. The van der Waals surface area contributed by atoms with Crippen LogP contribution in [0.5, 0.6) is 11.5 Å². The van der Waals surface area contributed by atoms with Crippen molar-refractivity contribution < 1.29 is 24.2 Å². The molecule has 6 nitrogen and oxygen atoms in total. The fourth-order valence-electron chi connectivity index (χ4n) is 2.66. The maximum absolute atomic E-state index is 12.3. The summed E-state index contributed by atoms with van der Waals surface area (Å²) in [6.45, 7) is 4.52. The lowest BCUT2D eigenvalue weighted by atomic mass is 10.1. The normalized spacial score (nSPS) is 11.5. The zero-order chi connectivity index (χ0) is 19.8. The zero-order valence-corrected chi connectivity index (χ0v) is 15.8. The number of nitrogens with one attached hydrogen (secondary N) is 1. The van der Waals surface area contributed by atoms with Crippen LogP contribution in [0, 0.1) is 0 Å². The number of amides is 1. The first kappa shape index (κ1) is 20.3. The Kier molecular flexibility index (Phi) is 7.23. The number of aromatic carboxylic acids is 1. The second-order valence-electron chi connectivity index (χ2n) is 6.23. The Hall–Kier alpha value is -3.02. The van der Waals surface area contributed by atoms with E-state index in [0.29, 0.717) is 23.7 Å². The molecule has 0 radical (unpaired) electrons. The molecule has 1 amide bonds. The van der Waals surface area contributed by atoms with Gasteiger partial charge in [0.05, 0.1) is 31.7 Å². The van der Waals surface area contributed by atoms with Crippen LogP contribution < -0.4 is 14.8 Å². The highest BCUT2D eigenvalue weighted by Crippen LogP contribution is 2.30. The van der Waals surface area contributed by atoms with Crippen molar-refractivity contribution in [1.29, 1.82) is 0 Å². The summed E-state index contributed by atoms with van der Waals surface area (Å²) in [5.74, 6) is 0.0988. The molecule has 0 bridgehead atoms.